The molecule has 15 heteroatoms. The molecule has 0 bridgehead atoms. The number of aryl methyl sites for hydroxylation is 1. The molecule has 3 N–H and O–H groups in total. The van der Waals surface area contributed by atoms with Crippen molar-refractivity contribution in [2.45, 2.75) is 64.5 Å². The highest BCUT2D eigenvalue weighted by atomic mass is 35.5. The van der Waals surface area contributed by atoms with Gasteiger partial charge in [-0.05, 0) is 68.3 Å². The number of morpholine rings is 1. The maximum absolute atomic E-state index is 13.2. The van der Waals surface area contributed by atoms with Gasteiger partial charge in [-0.1, -0.05) is 42.8 Å². The molecule has 0 aliphatic carbocycles. The van der Waals surface area contributed by atoms with Crippen LogP contribution >= 0.6 is 22.9 Å². The van der Waals surface area contributed by atoms with Crippen molar-refractivity contribution in [3.63, 3.8) is 0 Å². The zero-order valence-corrected chi connectivity index (χ0v) is 33.4. The average Bonchev–Trinajstić information content (AvgIpc) is 3.68. The molecule has 2 saturated heterocycles. The van der Waals surface area contributed by atoms with Crippen molar-refractivity contribution < 1.29 is 33.7 Å². The predicted molar refractivity (Wildman–Crippen MR) is 212 cm³/mol. The lowest BCUT2D eigenvalue weighted by atomic mass is 9.89. The number of nitrogens with one attached hydrogen (secondary N) is 2. The molecule has 3 aromatic rings. The highest BCUT2D eigenvalue weighted by molar-refractivity contribution is 7.09. The fourth-order valence-corrected chi connectivity index (χ4v) is 8.40. The molecule has 298 valence electrons. The molecule has 0 radical (unpaired) electrons. The van der Waals surface area contributed by atoms with Gasteiger partial charge in [0.25, 0.3) is 11.8 Å². The van der Waals surface area contributed by atoms with Crippen molar-refractivity contribution in [2.75, 3.05) is 84.1 Å². The highest BCUT2D eigenvalue weighted by Gasteiger charge is 2.41. The number of nitrogens with zero attached hydrogens (tertiary/aromatic N) is 4. The molecule has 4 heterocycles. The monoisotopic (exact) mass is 796 g/mol. The van der Waals surface area contributed by atoms with E-state index in [1.54, 1.807) is 23.5 Å². The van der Waals surface area contributed by atoms with Gasteiger partial charge in [-0.3, -0.25) is 19.3 Å². The lowest BCUT2D eigenvalue weighted by Crippen LogP contribution is -2.58. The van der Waals surface area contributed by atoms with Gasteiger partial charge >= 0.3 is 0 Å². The Kier molecular flexibility index (Phi) is 14.4. The Balaban J connectivity index is 0.871. The molecule has 13 nitrogen and oxygen atoms in total. The van der Waals surface area contributed by atoms with E-state index in [1.807, 2.05) is 34.2 Å². The number of hydrogen-bond acceptors (Lipinski definition) is 11. The van der Waals surface area contributed by atoms with E-state index in [0.717, 1.165) is 65.6 Å². The molecule has 1 spiro atoms. The third kappa shape index (κ3) is 10.5. The number of rotatable bonds is 17. The summed E-state index contributed by atoms with van der Waals surface area (Å²) in [4.78, 5) is 48.4. The summed E-state index contributed by atoms with van der Waals surface area (Å²) < 4.78 is 17.8. The Bertz CT molecular complexity index is 1800. The molecule has 55 heavy (non-hydrogen) atoms. The van der Waals surface area contributed by atoms with Crippen LogP contribution in [0.1, 0.15) is 65.3 Å². The molecule has 0 saturated carbocycles. The summed E-state index contributed by atoms with van der Waals surface area (Å²) in [5, 5.41) is 19.7. The van der Waals surface area contributed by atoms with Crippen LogP contribution in [0.25, 0.3) is 0 Å². The number of aromatic nitrogens is 1. The SMILES string of the molecule is CCc1nc(C(=O)N2CCOC3(CCN(Cc4cccc(CCOCCC(=O)N(CC)CCNCCc5ccc(O)c6c5OCC(=O)N6)c4Cl)CC3)C2)cs1. The first-order valence-electron chi connectivity index (χ1n) is 19.4. The number of hydrogen-bond donors (Lipinski definition) is 3. The smallest absolute Gasteiger partial charge is 0.273 e. The topological polar surface area (TPSA) is 146 Å². The maximum atomic E-state index is 13.2. The number of carbonyl (C=O) groups excluding carboxylic acids is 3. The first-order valence-corrected chi connectivity index (χ1v) is 20.6. The average molecular weight is 797 g/mol. The van der Waals surface area contributed by atoms with E-state index >= 15 is 0 Å². The van der Waals surface area contributed by atoms with Gasteiger partial charge in [-0.2, -0.15) is 0 Å². The largest absolute Gasteiger partial charge is 0.506 e. The number of piperidine rings is 1. The molecular weight excluding hydrogens is 744 g/mol. The number of aromatic hydroxyl groups is 1. The summed E-state index contributed by atoms with van der Waals surface area (Å²) in [6.07, 6.45) is 4.14. The summed E-state index contributed by atoms with van der Waals surface area (Å²) in [5.41, 5.74) is 3.54. The summed E-state index contributed by atoms with van der Waals surface area (Å²) in [7, 11) is 0. The fourth-order valence-electron chi connectivity index (χ4n) is 7.40. The maximum Gasteiger partial charge on any atom is 0.273 e. The van der Waals surface area contributed by atoms with E-state index < -0.39 is 0 Å². The van der Waals surface area contributed by atoms with Gasteiger partial charge in [0, 0.05) is 56.2 Å². The minimum Gasteiger partial charge on any atom is -0.506 e. The molecular formula is C40H53ClN6O7S. The quantitative estimate of drug-likeness (QED) is 0.132. The van der Waals surface area contributed by atoms with Crippen LogP contribution in [0.2, 0.25) is 5.02 Å². The van der Waals surface area contributed by atoms with Gasteiger partial charge in [0.2, 0.25) is 5.91 Å². The second-order valence-corrected chi connectivity index (χ2v) is 15.6. The first kappa shape index (κ1) is 40.9. The molecule has 3 aliphatic heterocycles. The number of anilines is 1. The molecule has 2 fully saturated rings. The zero-order chi connectivity index (χ0) is 38.8. The van der Waals surface area contributed by atoms with Crippen molar-refractivity contribution in [3.8, 4) is 11.5 Å². The number of fused-ring (bicyclic) bond motifs is 1. The zero-order valence-electron chi connectivity index (χ0n) is 31.9. The van der Waals surface area contributed by atoms with Crippen LogP contribution in [0.4, 0.5) is 5.69 Å². The number of phenolic OH excluding ortho intramolecular Hbond substituents is 1. The molecule has 0 unspecified atom stereocenters. The van der Waals surface area contributed by atoms with Crippen LogP contribution in [0.5, 0.6) is 11.5 Å². The third-order valence-corrected chi connectivity index (χ3v) is 12.1. The van der Waals surface area contributed by atoms with E-state index in [-0.39, 0.29) is 35.7 Å². The summed E-state index contributed by atoms with van der Waals surface area (Å²) in [6, 6.07) is 9.50. The van der Waals surface area contributed by atoms with Gasteiger partial charge in [0.1, 0.15) is 17.1 Å². The Labute approximate surface area is 332 Å². The number of thiazole rings is 1. The van der Waals surface area contributed by atoms with E-state index in [2.05, 4.69) is 33.5 Å². The van der Waals surface area contributed by atoms with Crippen LogP contribution in [0.15, 0.2) is 35.7 Å². The van der Waals surface area contributed by atoms with Gasteiger partial charge in [-0.15, -0.1) is 11.3 Å². The number of likely N-dealkylation sites (N-methyl/N-ethyl adjacent to an activating group) is 1. The van der Waals surface area contributed by atoms with Crippen LogP contribution in [-0.2, 0) is 44.9 Å². The number of carbonyl (C=O) groups is 3. The number of benzene rings is 2. The number of likely N-dealkylation sites (tertiary alicyclic amines) is 1. The number of ether oxygens (including phenoxy) is 3. The van der Waals surface area contributed by atoms with E-state index in [0.29, 0.717) is 95.5 Å². The molecule has 6 rings (SSSR count). The van der Waals surface area contributed by atoms with Crippen molar-refractivity contribution in [2.24, 2.45) is 0 Å². The van der Waals surface area contributed by atoms with Crippen LogP contribution in [-0.4, -0.2) is 127 Å². The minimum atomic E-state index is -0.321. The highest BCUT2D eigenvalue weighted by Crippen LogP contribution is 2.39. The standard InChI is InChI=1S/C40H53ClN6O7S/c1-3-34-43-31(26-55-34)39(51)47-20-23-54-40(27-47)13-17-45(18-14-40)24-30-7-5-6-28(36(30)41)11-21-52-22-12-35(50)46(4-2)19-16-42-15-10-29-8-9-32(48)37-38(29)53-25-33(49)44-37/h5-9,26,42,48H,3-4,10-25,27H2,1-2H3,(H,44,49). The number of phenols is 1. The van der Waals surface area contributed by atoms with Crippen molar-refractivity contribution in [1.29, 1.82) is 0 Å². The fraction of sp³-hybridized carbons (Fsp3) is 0.550. The minimum absolute atomic E-state index is 0.00120. The van der Waals surface area contributed by atoms with Gasteiger partial charge in [0.15, 0.2) is 12.4 Å². The van der Waals surface area contributed by atoms with E-state index in [4.69, 9.17) is 25.8 Å². The predicted octanol–water partition coefficient (Wildman–Crippen LogP) is 4.53. The van der Waals surface area contributed by atoms with E-state index in [1.165, 1.54) is 0 Å². The van der Waals surface area contributed by atoms with Crippen molar-refractivity contribution in [3.05, 3.63) is 68.1 Å². The molecule has 3 aliphatic rings. The summed E-state index contributed by atoms with van der Waals surface area (Å²) >= 11 is 8.46. The van der Waals surface area contributed by atoms with Crippen molar-refractivity contribution >= 4 is 46.3 Å². The second-order valence-electron chi connectivity index (χ2n) is 14.3. The Morgan fingerprint density at radius 3 is 2.69 bits per heavy atom. The lowest BCUT2D eigenvalue weighted by molar-refractivity contribution is -0.132. The Morgan fingerprint density at radius 2 is 1.91 bits per heavy atom. The summed E-state index contributed by atoms with van der Waals surface area (Å²) in [5.74, 6) is 0.243. The molecule has 2 aromatic carbocycles. The number of halogens is 1. The number of amides is 3. The normalized spacial score (nSPS) is 16.8. The molecule has 1 aromatic heterocycles. The van der Waals surface area contributed by atoms with Gasteiger partial charge < -0.3 is 39.8 Å². The van der Waals surface area contributed by atoms with Crippen LogP contribution in [0, 0.1) is 0 Å². The third-order valence-electron chi connectivity index (χ3n) is 10.6. The van der Waals surface area contributed by atoms with Crippen molar-refractivity contribution in [1.82, 2.24) is 25.0 Å². The van der Waals surface area contributed by atoms with Crippen LogP contribution in [0.3, 0.4) is 0 Å². The van der Waals surface area contributed by atoms with Gasteiger partial charge in [-0.25, -0.2) is 4.98 Å². The van der Waals surface area contributed by atoms with E-state index in [9.17, 15) is 19.5 Å². The van der Waals surface area contributed by atoms with Crippen LogP contribution < -0.4 is 15.4 Å². The lowest BCUT2D eigenvalue weighted by Gasteiger charge is -2.47. The first-order chi connectivity index (χ1) is 26.7. The summed E-state index contributed by atoms with van der Waals surface area (Å²) in [6.45, 7) is 11.4. The molecule has 0 atom stereocenters. The Morgan fingerprint density at radius 1 is 1.09 bits per heavy atom. The second kappa shape index (κ2) is 19.4. The molecule has 3 amide bonds. The van der Waals surface area contributed by atoms with Gasteiger partial charge in [0.05, 0.1) is 43.4 Å². The Hall–Kier alpha value is -3.79.